The summed E-state index contributed by atoms with van der Waals surface area (Å²) in [4.78, 5) is 23.4. The molecule has 0 bridgehead atoms. The number of carboxylic acid groups (broad SMARTS) is 1. The summed E-state index contributed by atoms with van der Waals surface area (Å²) in [6.07, 6.45) is 2.75. The van der Waals surface area contributed by atoms with Crippen molar-refractivity contribution in [3.05, 3.63) is 29.6 Å². The molecule has 1 aromatic carbocycles. The molecule has 1 unspecified atom stereocenters. The summed E-state index contributed by atoms with van der Waals surface area (Å²) in [6.45, 7) is 4.52. The third-order valence-electron chi connectivity index (χ3n) is 5.37. The number of hydrogen-bond donors (Lipinski definition) is 0. The molecule has 162 valence electrons. The molecule has 0 saturated heterocycles. The third-order valence-corrected chi connectivity index (χ3v) is 5.37. The summed E-state index contributed by atoms with van der Waals surface area (Å²) in [5.41, 5.74) is -0.808. The molecule has 1 fully saturated rings. The van der Waals surface area contributed by atoms with Gasteiger partial charge in [0.05, 0.1) is 0 Å². The Kier molecular flexibility index (Phi) is 7.19. The van der Waals surface area contributed by atoms with E-state index in [2.05, 4.69) is 0 Å². The lowest BCUT2D eigenvalue weighted by molar-refractivity contribution is -0.337. The van der Waals surface area contributed by atoms with Gasteiger partial charge in [-0.2, -0.15) is 8.78 Å². The van der Waals surface area contributed by atoms with Crippen LogP contribution in [0.4, 0.5) is 13.2 Å². The smallest absolute Gasteiger partial charge is 0.342 e. The summed E-state index contributed by atoms with van der Waals surface area (Å²) in [6, 6.07) is 3.10. The molecule has 0 spiro atoms. The molecule has 0 aromatic heterocycles. The van der Waals surface area contributed by atoms with E-state index in [0.717, 1.165) is 50.3 Å². The molecule has 0 aliphatic heterocycles. The molecular weight excluding hydrogens is 389 g/mol. The van der Waals surface area contributed by atoms with Crippen molar-refractivity contribution < 1.29 is 37.3 Å². The molecule has 8 heteroatoms. The second-order valence-corrected chi connectivity index (χ2v) is 7.82. The first-order valence-corrected chi connectivity index (χ1v) is 9.81. The van der Waals surface area contributed by atoms with Crippen LogP contribution >= 0.6 is 0 Å². The Bertz CT molecular complexity index is 742. The maximum absolute atomic E-state index is 14.0. The molecule has 0 radical (unpaired) electrons. The minimum Gasteiger partial charge on any atom is -0.544 e. The molecule has 1 aromatic rings. The number of rotatable bonds is 8. The van der Waals surface area contributed by atoms with Crippen molar-refractivity contribution in [1.82, 2.24) is 0 Å². The standard InChI is InChI=1S/C21H27F3O5/c1-4-20(10-6-5-7-11-20)29-16-12-14(22)8-9-15(16)18(25)28-17(13(2)3)21(23,24)19(26)27/h8-9,12-13,17H,4-7,10-11H2,1-3H3,(H,26,27)/p-1. The van der Waals surface area contributed by atoms with E-state index in [0.29, 0.717) is 6.42 Å². The zero-order valence-corrected chi connectivity index (χ0v) is 16.8. The zero-order chi connectivity index (χ0) is 21.8. The van der Waals surface area contributed by atoms with E-state index in [1.54, 1.807) is 0 Å². The van der Waals surface area contributed by atoms with Crippen LogP contribution in [0.25, 0.3) is 0 Å². The monoisotopic (exact) mass is 415 g/mol. The van der Waals surface area contributed by atoms with Crippen molar-refractivity contribution in [1.29, 1.82) is 0 Å². The van der Waals surface area contributed by atoms with Gasteiger partial charge < -0.3 is 19.4 Å². The molecule has 29 heavy (non-hydrogen) atoms. The number of aliphatic carboxylic acids is 1. The molecule has 0 heterocycles. The quantitative estimate of drug-likeness (QED) is 0.603. The van der Waals surface area contributed by atoms with Crippen LogP contribution in [0.3, 0.4) is 0 Å². The predicted molar refractivity (Wildman–Crippen MR) is 97.1 cm³/mol. The van der Waals surface area contributed by atoms with Crippen LogP contribution in [0, 0.1) is 11.7 Å². The molecule has 1 atom stereocenters. The van der Waals surface area contributed by atoms with Crippen molar-refractivity contribution in [2.24, 2.45) is 5.92 Å². The number of carbonyl (C=O) groups excluding carboxylic acids is 2. The van der Waals surface area contributed by atoms with Crippen LogP contribution in [0.2, 0.25) is 0 Å². The van der Waals surface area contributed by atoms with E-state index < -0.39 is 41.3 Å². The first-order valence-electron chi connectivity index (χ1n) is 9.81. The van der Waals surface area contributed by atoms with Gasteiger partial charge in [-0.25, -0.2) is 9.18 Å². The lowest BCUT2D eigenvalue weighted by Gasteiger charge is -2.37. The fourth-order valence-electron chi connectivity index (χ4n) is 3.63. The number of alkyl halides is 2. The fraction of sp³-hybridized carbons (Fsp3) is 0.619. The highest BCUT2D eigenvalue weighted by Crippen LogP contribution is 2.37. The topological polar surface area (TPSA) is 75.7 Å². The maximum atomic E-state index is 14.0. The third kappa shape index (κ3) is 5.22. The Balaban J connectivity index is 2.34. The van der Waals surface area contributed by atoms with Gasteiger partial charge in [-0.3, -0.25) is 0 Å². The number of esters is 1. The highest BCUT2D eigenvalue weighted by molar-refractivity contribution is 5.93. The highest BCUT2D eigenvalue weighted by atomic mass is 19.3. The van der Waals surface area contributed by atoms with Gasteiger partial charge in [0.1, 0.15) is 28.7 Å². The van der Waals surface area contributed by atoms with Crippen molar-refractivity contribution in [2.75, 3.05) is 0 Å². The van der Waals surface area contributed by atoms with Crippen LogP contribution in [0.15, 0.2) is 18.2 Å². The first kappa shape index (κ1) is 23.0. The van der Waals surface area contributed by atoms with Crippen LogP contribution < -0.4 is 9.84 Å². The van der Waals surface area contributed by atoms with Crippen molar-refractivity contribution in [3.8, 4) is 5.75 Å². The Morgan fingerprint density at radius 2 is 1.83 bits per heavy atom. The summed E-state index contributed by atoms with van der Waals surface area (Å²) in [5.74, 6) is -9.97. The summed E-state index contributed by atoms with van der Waals surface area (Å²) in [5, 5.41) is 10.8. The number of carbonyl (C=O) groups is 2. The van der Waals surface area contributed by atoms with Gasteiger partial charge in [0, 0.05) is 6.07 Å². The van der Waals surface area contributed by atoms with E-state index >= 15 is 0 Å². The van der Waals surface area contributed by atoms with Gasteiger partial charge in [-0.15, -0.1) is 0 Å². The van der Waals surface area contributed by atoms with E-state index in [9.17, 15) is 27.9 Å². The van der Waals surface area contributed by atoms with E-state index in [-0.39, 0.29) is 11.3 Å². The SMILES string of the molecule is CCC1(Oc2cc(F)ccc2C(=O)OC(C(C)C)C(F)(F)C(=O)[O-])CCCCC1. The van der Waals surface area contributed by atoms with Crippen LogP contribution in [-0.4, -0.2) is 29.6 Å². The molecular formula is C21H26F3O5-. The lowest BCUT2D eigenvalue weighted by atomic mass is 9.82. The van der Waals surface area contributed by atoms with Crippen LogP contribution in [0.5, 0.6) is 5.75 Å². The molecule has 5 nitrogen and oxygen atoms in total. The minimum absolute atomic E-state index is 0.0991. The number of carboxylic acids is 1. The average Bonchev–Trinajstić information content (AvgIpc) is 2.66. The molecule has 1 aliphatic carbocycles. The minimum atomic E-state index is -4.38. The molecule has 1 aliphatic rings. The van der Waals surface area contributed by atoms with E-state index in [4.69, 9.17) is 9.47 Å². The average molecular weight is 415 g/mol. The lowest BCUT2D eigenvalue weighted by Crippen LogP contribution is -2.53. The van der Waals surface area contributed by atoms with Crippen LogP contribution in [0.1, 0.15) is 69.7 Å². The van der Waals surface area contributed by atoms with Crippen LogP contribution in [-0.2, 0) is 9.53 Å². The zero-order valence-electron chi connectivity index (χ0n) is 16.8. The molecule has 1 saturated carbocycles. The predicted octanol–water partition coefficient (Wildman–Crippen LogP) is 3.88. The summed E-state index contributed by atoms with van der Waals surface area (Å²) < 4.78 is 52.7. The van der Waals surface area contributed by atoms with Gasteiger partial charge in [0.15, 0.2) is 6.10 Å². The Hall–Kier alpha value is -2.25. The first-order chi connectivity index (χ1) is 13.5. The van der Waals surface area contributed by atoms with E-state index in [1.165, 1.54) is 13.8 Å². The highest BCUT2D eigenvalue weighted by Gasteiger charge is 2.46. The summed E-state index contributed by atoms with van der Waals surface area (Å²) in [7, 11) is 0. The summed E-state index contributed by atoms with van der Waals surface area (Å²) >= 11 is 0. The van der Waals surface area contributed by atoms with Crippen molar-refractivity contribution in [3.63, 3.8) is 0 Å². The normalized spacial score (nSPS) is 17.6. The second kappa shape index (κ2) is 9.05. The molecule has 0 N–H and O–H groups in total. The van der Waals surface area contributed by atoms with Gasteiger partial charge in [-0.05, 0) is 50.2 Å². The number of ether oxygens (including phenoxy) is 2. The Morgan fingerprint density at radius 1 is 1.21 bits per heavy atom. The number of hydrogen-bond acceptors (Lipinski definition) is 5. The maximum Gasteiger partial charge on any atom is 0.342 e. The van der Waals surface area contributed by atoms with Crippen molar-refractivity contribution >= 4 is 11.9 Å². The van der Waals surface area contributed by atoms with Gasteiger partial charge in [0.2, 0.25) is 0 Å². The van der Waals surface area contributed by atoms with Crippen molar-refractivity contribution in [2.45, 2.75) is 76.9 Å². The second-order valence-electron chi connectivity index (χ2n) is 7.82. The largest absolute Gasteiger partial charge is 0.544 e. The van der Waals surface area contributed by atoms with Gasteiger partial charge in [-0.1, -0.05) is 27.2 Å². The number of benzene rings is 1. The fourth-order valence-corrected chi connectivity index (χ4v) is 3.63. The Morgan fingerprint density at radius 3 is 2.34 bits per heavy atom. The number of halogens is 3. The molecule has 2 rings (SSSR count). The Labute approximate surface area is 168 Å². The van der Waals surface area contributed by atoms with Gasteiger partial charge >= 0.3 is 11.9 Å². The van der Waals surface area contributed by atoms with Gasteiger partial charge in [0.25, 0.3) is 0 Å². The molecule has 0 amide bonds. The van der Waals surface area contributed by atoms with E-state index in [1.807, 2.05) is 6.92 Å².